The zero-order valence-electron chi connectivity index (χ0n) is 49.7. The maximum atomic E-state index is 13.7. The molecule has 84 heavy (non-hydrogen) atoms. The molecular weight excluding hydrogens is 1060 g/mol. The molecule has 0 radical (unpaired) electrons. The van der Waals surface area contributed by atoms with Crippen molar-refractivity contribution in [2.24, 2.45) is 0 Å². The predicted molar refractivity (Wildman–Crippen MR) is 331 cm³/mol. The minimum Gasteiger partial charge on any atom is -0.462 e. The highest BCUT2D eigenvalue weighted by Gasteiger charge is 2.26. The van der Waals surface area contributed by atoms with Crippen LogP contribution >= 0.6 is 0 Å². The standard InChI is InChI=1S/C68H82N8O8/c1-5-9-13-17-21-25-37-81-65(77)45-29-33-49-53(41-45)61-69-57(49)74-62-55-43-47(67(79)83-39-27-23-19-15-11-7-3)31-35-51(55)59(71-62)76-64-56-44-48(68(80)84-40-28-24-20-16-12-8-4)32-36-52(56)60(72-64)75-63-54-42-46(30-34-50(54)58(70-63)73-61)66(78)82-38-26-22-18-14-10-6-2/h29-36,41-44H,5-28,37-40H2,1-4H3,(H2,69,70,71,72,73,74,75,76). The molecular formula is C68H82N8O8. The maximum absolute atomic E-state index is 13.7. The fraction of sp³-hybridized carbons (Fsp3) is 0.471. The molecule has 5 heterocycles. The van der Waals surface area contributed by atoms with Gasteiger partial charge in [-0.3, -0.25) is 0 Å². The van der Waals surface area contributed by atoms with E-state index in [9.17, 15) is 19.2 Å². The Morgan fingerprint density at radius 3 is 0.881 bits per heavy atom. The Morgan fingerprint density at radius 1 is 0.298 bits per heavy atom. The van der Waals surface area contributed by atoms with Gasteiger partial charge < -0.3 is 28.9 Å². The fourth-order valence-corrected chi connectivity index (χ4v) is 10.8. The van der Waals surface area contributed by atoms with Gasteiger partial charge in [0.2, 0.25) is 0 Å². The molecule has 4 aromatic carbocycles. The third kappa shape index (κ3) is 15.5. The first-order chi connectivity index (χ1) is 41.2. The van der Waals surface area contributed by atoms with Crippen molar-refractivity contribution < 1.29 is 38.1 Å². The van der Waals surface area contributed by atoms with E-state index < -0.39 is 23.9 Å². The number of carbonyl (C=O) groups is 4. The van der Waals surface area contributed by atoms with E-state index in [4.69, 9.17) is 48.9 Å². The Labute approximate surface area is 492 Å². The van der Waals surface area contributed by atoms with Gasteiger partial charge in [0.05, 0.1) is 48.7 Å². The number of aromatic amines is 2. The summed E-state index contributed by atoms with van der Waals surface area (Å²) in [5, 5.41) is 2.39. The van der Waals surface area contributed by atoms with E-state index in [0.717, 1.165) is 128 Å². The van der Waals surface area contributed by atoms with Crippen LogP contribution in [0.1, 0.15) is 223 Å². The summed E-state index contributed by atoms with van der Waals surface area (Å²) in [5.74, 6) is -0.740. The number of rotatable bonds is 32. The van der Waals surface area contributed by atoms with Crippen molar-refractivity contribution in [3.63, 3.8) is 0 Å². The van der Waals surface area contributed by atoms with E-state index in [1.807, 2.05) is 12.1 Å². The minimum atomic E-state index is -0.458. The highest BCUT2D eigenvalue weighted by molar-refractivity contribution is 6.10. The number of ether oxygens (including phenoxy) is 4. The van der Waals surface area contributed by atoms with Crippen molar-refractivity contribution in [2.45, 2.75) is 182 Å². The van der Waals surface area contributed by atoms with Crippen LogP contribution in [0.15, 0.2) is 72.8 Å². The average molecular weight is 1140 g/mol. The summed E-state index contributed by atoms with van der Waals surface area (Å²) in [6, 6.07) is 21.0. The zero-order valence-corrected chi connectivity index (χ0v) is 49.7. The summed E-state index contributed by atoms with van der Waals surface area (Å²) in [4.78, 5) is 92.7. The van der Waals surface area contributed by atoms with E-state index in [1.54, 1.807) is 60.7 Å². The number of hydrogen-bond acceptors (Lipinski definition) is 14. The molecule has 2 aliphatic heterocycles. The first-order valence-corrected chi connectivity index (χ1v) is 31.3. The van der Waals surface area contributed by atoms with Gasteiger partial charge in [0.1, 0.15) is 22.6 Å². The lowest BCUT2D eigenvalue weighted by atomic mass is 10.0. The smallest absolute Gasteiger partial charge is 0.338 e. The van der Waals surface area contributed by atoms with E-state index in [1.165, 1.54) is 25.7 Å². The molecule has 442 valence electrons. The molecule has 0 fully saturated rings. The van der Waals surface area contributed by atoms with Gasteiger partial charge in [0, 0.05) is 43.8 Å². The quantitative estimate of drug-likeness (QED) is 0.0228. The molecule has 0 saturated carbocycles. The lowest BCUT2D eigenvalue weighted by Gasteiger charge is -2.07. The number of fused-ring (bicyclic) bond motifs is 20. The number of nitrogens with one attached hydrogen (secondary N) is 2. The number of benzene rings is 4. The van der Waals surface area contributed by atoms with Crippen LogP contribution in [0.5, 0.6) is 0 Å². The van der Waals surface area contributed by atoms with Gasteiger partial charge in [0.25, 0.3) is 0 Å². The van der Waals surface area contributed by atoms with Crippen molar-refractivity contribution in [3.05, 3.63) is 95.1 Å². The Kier molecular flexibility index (Phi) is 22.1. The van der Waals surface area contributed by atoms with Crippen LogP contribution in [-0.4, -0.2) is 90.2 Å². The molecule has 0 saturated heterocycles. The van der Waals surface area contributed by atoms with Crippen LogP contribution in [0.25, 0.3) is 89.7 Å². The minimum absolute atomic E-state index is 0.258. The molecule has 7 aromatic rings. The molecule has 2 N–H and O–H groups in total. The lowest BCUT2D eigenvalue weighted by molar-refractivity contribution is 0.0488. The van der Waals surface area contributed by atoms with E-state index in [0.29, 0.717) is 115 Å². The Hall–Kier alpha value is -7.88. The second-order valence-electron chi connectivity index (χ2n) is 22.3. The van der Waals surface area contributed by atoms with Crippen LogP contribution in [0.3, 0.4) is 0 Å². The first-order valence-electron chi connectivity index (χ1n) is 31.3. The van der Waals surface area contributed by atoms with Crippen LogP contribution in [-0.2, 0) is 18.9 Å². The van der Waals surface area contributed by atoms with E-state index >= 15 is 0 Å². The van der Waals surface area contributed by atoms with Gasteiger partial charge in [-0.25, -0.2) is 49.1 Å². The van der Waals surface area contributed by atoms with Crippen LogP contribution < -0.4 is 0 Å². The number of nitrogens with zero attached hydrogens (tertiary/aromatic N) is 6. The molecule has 8 bridgehead atoms. The summed E-state index contributed by atoms with van der Waals surface area (Å²) in [7, 11) is 0. The first kappa shape index (κ1) is 60.7. The number of H-pyrrole nitrogens is 2. The average Bonchev–Trinajstić information content (AvgIpc) is 2.32. The molecule has 0 unspecified atom stereocenters. The fourth-order valence-electron chi connectivity index (χ4n) is 10.8. The summed E-state index contributed by atoms with van der Waals surface area (Å²) >= 11 is 0. The largest absolute Gasteiger partial charge is 0.462 e. The topological polar surface area (TPSA) is 214 Å². The maximum Gasteiger partial charge on any atom is 0.338 e. The third-order valence-electron chi connectivity index (χ3n) is 15.7. The van der Waals surface area contributed by atoms with Gasteiger partial charge in [-0.2, -0.15) is 0 Å². The van der Waals surface area contributed by atoms with Crippen molar-refractivity contribution in [1.29, 1.82) is 0 Å². The third-order valence-corrected chi connectivity index (χ3v) is 15.7. The Morgan fingerprint density at radius 2 is 0.560 bits per heavy atom. The second-order valence-corrected chi connectivity index (χ2v) is 22.3. The molecule has 0 amide bonds. The highest BCUT2D eigenvalue weighted by atomic mass is 16.5. The number of esters is 4. The summed E-state index contributed by atoms with van der Waals surface area (Å²) in [6.07, 6.45) is 25.4. The second kappa shape index (κ2) is 30.6. The van der Waals surface area contributed by atoms with Gasteiger partial charge in [-0.05, 0) is 98.5 Å². The summed E-state index contributed by atoms with van der Waals surface area (Å²) in [5.41, 5.74) is 5.06. The SMILES string of the molecule is CCCCCCCCOC(=O)c1ccc2c(c1)-c1nc-2nc2[nH]c(nc3nc(nc4[nH]c(n1)c1ccc(C(=O)OCCCCCCCC)cc41)-c1ccc(C(=O)OCCCCCCCC)cc1-3)c1ccc(C(=O)OCCCCCCCC)cc21. The molecule has 16 heteroatoms. The van der Waals surface area contributed by atoms with Gasteiger partial charge in [-0.15, -0.1) is 0 Å². The monoisotopic (exact) mass is 1140 g/mol. The lowest BCUT2D eigenvalue weighted by Crippen LogP contribution is -2.06. The van der Waals surface area contributed by atoms with Crippen LogP contribution in [0.4, 0.5) is 0 Å². The van der Waals surface area contributed by atoms with Crippen LogP contribution in [0.2, 0.25) is 0 Å². The van der Waals surface area contributed by atoms with Gasteiger partial charge in [0.15, 0.2) is 23.3 Å². The molecule has 2 aliphatic rings. The van der Waals surface area contributed by atoms with E-state index in [-0.39, 0.29) is 23.3 Å². The normalized spacial score (nSPS) is 11.7. The highest BCUT2D eigenvalue weighted by Crippen LogP contribution is 2.39. The number of unbranched alkanes of at least 4 members (excludes halogenated alkanes) is 20. The number of carbonyl (C=O) groups excluding carboxylic acids is 4. The Bertz CT molecular complexity index is 3370. The van der Waals surface area contributed by atoms with Crippen molar-refractivity contribution in [2.75, 3.05) is 26.4 Å². The van der Waals surface area contributed by atoms with Crippen molar-refractivity contribution >= 4 is 68.0 Å². The molecule has 16 nitrogen and oxygen atoms in total. The molecule has 3 aromatic heterocycles. The molecule has 0 spiro atoms. The van der Waals surface area contributed by atoms with Crippen LogP contribution in [0, 0.1) is 0 Å². The number of aromatic nitrogens is 8. The van der Waals surface area contributed by atoms with Gasteiger partial charge in [-0.1, -0.05) is 156 Å². The molecule has 9 rings (SSSR count). The number of hydrogen-bond donors (Lipinski definition) is 2. The van der Waals surface area contributed by atoms with Gasteiger partial charge >= 0.3 is 23.9 Å². The Balaban J connectivity index is 1.18. The molecule has 0 atom stereocenters. The summed E-state index contributed by atoms with van der Waals surface area (Å²) in [6.45, 7) is 9.97. The van der Waals surface area contributed by atoms with E-state index in [2.05, 4.69) is 37.7 Å². The summed E-state index contributed by atoms with van der Waals surface area (Å²) < 4.78 is 23.2. The zero-order chi connectivity index (χ0) is 58.6. The van der Waals surface area contributed by atoms with Crippen molar-refractivity contribution in [1.82, 2.24) is 39.9 Å². The molecule has 0 aliphatic carbocycles. The predicted octanol–water partition coefficient (Wildman–Crippen LogP) is 16.9. The van der Waals surface area contributed by atoms with Crippen molar-refractivity contribution in [3.8, 4) is 45.6 Å².